The molecule has 0 radical (unpaired) electrons. The summed E-state index contributed by atoms with van der Waals surface area (Å²) in [4.78, 5) is 0.262. The predicted octanol–water partition coefficient (Wildman–Crippen LogP) is 3.12. The largest absolute Gasteiger partial charge is 0.316 e. The first-order valence-corrected chi connectivity index (χ1v) is 9.11. The van der Waals surface area contributed by atoms with Crippen LogP contribution in [0.15, 0.2) is 23.1 Å². The van der Waals surface area contributed by atoms with Gasteiger partial charge in [-0.2, -0.15) is 4.31 Å². The smallest absolute Gasteiger partial charge is 0.243 e. The van der Waals surface area contributed by atoms with Crippen molar-refractivity contribution >= 4 is 21.6 Å². The van der Waals surface area contributed by atoms with Crippen molar-refractivity contribution < 1.29 is 8.42 Å². The van der Waals surface area contributed by atoms with E-state index >= 15 is 0 Å². The average Bonchev–Trinajstić information content (AvgIpc) is 2.46. The van der Waals surface area contributed by atoms with E-state index in [0.29, 0.717) is 30.6 Å². The van der Waals surface area contributed by atoms with Gasteiger partial charge in [-0.1, -0.05) is 44.9 Å². The summed E-state index contributed by atoms with van der Waals surface area (Å²) in [7, 11) is -1.66. The third kappa shape index (κ3) is 4.68. The maximum Gasteiger partial charge on any atom is 0.243 e. The number of hydrogen-bond acceptors (Lipinski definition) is 3. The number of hydrogen-bond donors (Lipinski definition) is 1. The van der Waals surface area contributed by atoms with Gasteiger partial charge >= 0.3 is 0 Å². The molecule has 0 aromatic heterocycles. The first kappa shape index (κ1) is 18.4. The summed E-state index contributed by atoms with van der Waals surface area (Å²) >= 11 is 6.17. The molecular weight excluding hydrogens is 308 g/mol. The van der Waals surface area contributed by atoms with E-state index in [4.69, 9.17) is 11.6 Å². The van der Waals surface area contributed by atoms with Gasteiger partial charge in [0.2, 0.25) is 10.0 Å². The Morgan fingerprint density at radius 2 is 2.00 bits per heavy atom. The molecular formula is C15H25ClN2O2S. The molecule has 0 fully saturated rings. The van der Waals surface area contributed by atoms with Crippen molar-refractivity contribution in [2.75, 3.05) is 20.1 Å². The van der Waals surface area contributed by atoms with Crippen LogP contribution in [0.2, 0.25) is 5.02 Å². The molecule has 21 heavy (non-hydrogen) atoms. The Hall–Kier alpha value is -0.620. The van der Waals surface area contributed by atoms with E-state index in [2.05, 4.69) is 19.2 Å². The lowest BCUT2D eigenvalue weighted by molar-refractivity contribution is 0.361. The molecule has 0 spiro atoms. The summed E-state index contributed by atoms with van der Waals surface area (Å²) in [6, 6.07) is 4.94. The molecule has 1 atom stereocenters. The number of halogens is 1. The monoisotopic (exact) mass is 332 g/mol. The molecule has 0 amide bonds. The highest BCUT2D eigenvalue weighted by Crippen LogP contribution is 2.24. The van der Waals surface area contributed by atoms with Crippen molar-refractivity contribution in [2.45, 2.75) is 38.6 Å². The zero-order valence-electron chi connectivity index (χ0n) is 13.2. The number of sulfonamides is 1. The van der Waals surface area contributed by atoms with Crippen molar-refractivity contribution in [1.82, 2.24) is 9.62 Å². The molecule has 6 heteroatoms. The molecule has 0 saturated heterocycles. The number of rotatable bonds is 8. The zero-order valence-corrected chi connectivity index (χ0v) is 14.8. The van der Waals surface area contributed by atoms with Crippen molar-refractivity contribution in [3.63, 3.8) is 0 Å². The molecule has 1 aromatic rings. The van der Waals surface area contributed by atoms with E-state index in [-0.39, 0.29) is 4.90 Å². The maximum atomic E-state index is 12.7. The van der Waals surface area contributed by atoms with Crippen molar-refractivity contribution in [3.05, 3.63) is 28.8 Å². The van der Waals surface area contributed by atoms with Crippen LogP contribution in [0.1, 0.15) is 32.8 Å². The van der Waals surface area contributed by atoms with E-state index in [1.165, 1.54) is 4.31 Å². The fourth-order valence-corrected chi connectivity index (χ4v) is 3.95. The van der Waals surface area contributed by atoms with Crippen LogP contribution in [-0.4, -0.2) is 32.9 Å². The summed E-state index contributed by atoms with van der Waals surface area (Å²) in [5.41, 5.74) is 0.892. The first-order chi connectivity index (χ1) is 9.86. The lowest BCUT2D eigenvalue weighted by Crippen LogP contribution is -2.34. The minimum Gasteiger partial charge on any atom is -0.316 e. The van der Waals surface area contributed by atoms with Crippen molar-refractivity contribution in [2.24, 2.45) is 5.92 Å². The van der Waals surface area contributed by atoms with Gasteiger partial charge < -0.3 is 5.32 Å². The zero-order chi connectivity index (χ0) is 16.0. The molecule has 0 aliphatic heterocycles. The quantitative estimate of drug-likeness (QED) is 0.795. The van der Waals surface area contributed by atoms with Crippen LogP contribution in [0.5, 0.6) is 0 Å². The maximum absolute atomic E-state index is 12.7. The minimum absolute atomic E-state index is 0.262. The Morgan fingerprint density at radius 1 is 1.33 bits per heavy atom. The van der Waals surface area contributed by atoms with E-state index in [1.807, 2.05) is 14.0 Å². The van der Waals surface area contributed by atoms with Crippen LogP contribution in [0.4, 0.5) is 0 Å². The van der Waals surface area contributed by atoms with Crippen molar-refractivity contribution in [1.29, 1.82) is 0 Å². The normalized spacial score (nSPS) is 13.6. The molecule has 0 bridgehead atoms. The molecule has 0 aliphatic rings. The Kier molecular flexibility index (Phi) is 7.13. The highest BCUT2D eigenvalue weighted by molar-refractivity contribution is 7.89. The van der Waals surface area contributed by atoms with Crippen LogP contribution in [0.3, 0.4) is 0 Å². The van der Waals surface area contributed by atoms with Crippen LogP contribution in [-0.2, 0) is 16.6 Å². The summed E-state index contributed by atoms with van der Waals surface area (Å²) in [5, 5.41) is 3.48. The second-order valence-corrected chi connectivity index (χ2v) is 7.60. The van der Waals surface area contributed by atoms with Gasteiger partial charge in [0.05, 0.1) is 4.90 Å². The number of nitrogens with zero attached hydrogens (tertiary/aromatic N) is 1. The Labute approximate surface area is 133 Å². The van der Waals surface area contributed by atoms with E-state index < -0.39 is 10.0 Å². The van der Waals surface area contributed by atoms with Crippen molar-refractivity contribution in [3.8, 4) is 0 Å². The fraction of sp³-hybridized carbons (Fsp3) is 0.600. The molecule has 1 rings (SSSR count). The lowest BCUT2D eigenvalue weighted by atomic mass is 10.1. The molecule has 0 heterocycles. The van der Waals surface area contributed by atoms with Gasteiger partial charge in [-0.3, -0.25) is 0 Å². The van der Waals surface area contributed by atoms with Gasteiger partial charge in [0.15, 0.2) is 0 Å². The summed E-state index contributed by atoms with van der Waals surface area (Å²) in [6.45, 7) is 7.59. The molecule has 120 valence electrons. The van der Waals surface area contributed by atoms with Gasteiger partial charge in [0.25, 0.3) is 0 Å². The Balaban J connectivity index is 3.08. The molecule has 0 saturated carbocycles. The summed E-state index contributed by atoms with van der Waals surface area (Å²) in [5.74, 6) is 0.332. The topological polar surface area (TPSA) is 49.4 Å². The highest BCUT2D eigenvalue weighted by atomic mass is 35.5. The lowest BCUT2D eigenvalue weighted by Gasteiger charge is -2.23. The van der Waals surface area contributed by atoms with Crippen LogP contribution < -0.4 is 5.32 Å². The first-order valence-electron chi connectivity index (χ1n) is 7.29. The Bertz CT molecular complexity index is 561. The third-order valence-corrected chi connectivity index (χ3v) is 5.88. The second kappa shape index (κ2) is 8.13. The summed E-state index contributed by atoms with van der Waals surface area (Å²) in [6.07, 6.45) is 0.952. The van der Waals surface area contributed by atoms with E-state index in [9.17, 15) is 8.42 Å². The van der Waals surface area contributed by atoms with E-state index in [0.717, 1.165) is 12.0 Å². The third-order valence-electron chi connectivity index (χ3n) is 3.59. The van der Waals surface area contributed by atoms with Crippen LogP contribution in [0.25, 0.3) is 0 Å². The minimum atomic E-state index is -3.48. The van der Waals surface area contributed by atoms with Crippen LogP contribution >= 0.6 is 11.6 Å². The average molecular weight is 333 g/mol. The number of nitrogens with one attached hydrogen (secondary N) is 1. The molecule has 0 aliphatic carbocycles. The van der Waals surface area contributed by atoms with Gasteiger partial charge in [-0.25, -0.2) is 8.42 Å². The molecule has 1 unspecified atom stereocenters. The SMILES string of the molecule is CCC(C)CN(CC)S(=O)(=O)c1ccc(CNC)c(Cl)c1. The van der Waals surface area contributed by atoms with Gasteiger partial charge in [-0.05, 0) is 30.7 Å². The predicted molar refractivity (Wildman–Crippen MR) is 88.1 cm³/mol. The van der Waals surface area contributed by atoms with E-state index in [1.54, 1.807) is 18.2 Å². The molecule has 1 aromatic carbocycles. The highest BCUT2D eigenvalue weighted by Gasteiger charge is 2.24. The van der Waals surface area contributed by atoms with Crippen LogP contribution in [0, 0.1) is 5.92 Å². The number of benzene rings is 1. The molecule has 4 nitrogen and oxygen atoms in total. The fourth-order valence-electron chi connectivity index (χ4n) is 2.05. The Morgan fingerprint density at radius 3 is 2.48 bits per heavy atom. The van der Waals surface area contributed by atoms with Gasteiger partial charge in [0, 0.05) is 24.7 Å². The van der Waals surface area contributed by atoms with Gasteiger partial charge in [0.1, 0.15) is 0 Å². The van der Waals surface area contributed by atoms with Gasteiger partial charge in [-0.15, -0.1) is 0 Å². The standard InChI is InChI=1S/C15H25ClN2O2S/c1-5-12(3)11-18(6-2)21(19,20)14-8-7-13(10-17-4)15(16)9-14/h7-9,12,17H,5-6,10-11H2,1-4H3. The molecule has 1 N–H and O–H groups in total. The summed E-state index contributed by atoms with van der Waals surface area (Å²) < 4.78 is 26.9. The second-order valence-electron chi connectivity index (χ2n) is 5.25.